The van der Waals surface area contributed by atoms with Crippen molar-refractivity contribution in [2.45, 2.75) is 6.92 Å². The van der Waals surface area contributed by atoms with E-state index in [4.69, 9.17) is 0 Å². The Kier molecular flexibility index (Phi) is 5.43. The molecule has 0 aliphatic carbocycles. The summed E-state index contributed by atoms with van der Waals surface area (Å²) < 4.78 is 0. The normalized spacial score (nSPS) is 12.4. The molecule has 0 saturated heterocycles. The molecule has 0 rings (SSSR count). The summed E-state index contributed by atoms with van der Waals surface area (Å²) in [6.07, 6.45) is 9.89. The van der Waals surface area contributed by atoms with Crippen LogP contribution >= 0.6 is 11.8 Å². The lowest BCUT2D eigenvalue weighted by Crippen LogP contribution is -1.63. The van der Waals surface area contributed by atoms with Crippen molar-refractivity contribution in [2.24, 2.45) is 0 Å². The fourth-order valence-corrected chi connectivity index (χ4v) is 0.895. The first-order valence-corrected chi connectivity index (χ1v) is 4.07. The second-order valence-corrected chi connectivity index (χ2v) is 2.37. The Labute approximate surface area is 61.3 Å². The van der Waals surface area contributed by atoms with Crippen molar-refractivity contribution in [1.82, 2.24) is 0 Å². The Bertz CT molecular complexity index is 132. The standard InChI is InChI=1S/C8H12S/c1-4-6-7-8(5-2)9-3/h4-7H,1H2,2-3H3/b7-6-,8-5+. The van der Waals surface area contributed by atoms with E-state index in [1.807, 2.05) is 19.1 Å². The molecule has 1 heteroatoms. The van der Waals surface area contributed by atoms with Gasteiger partial charge in [-0.25, -0.2) is 0 Å². The fourth-order valence-electron chi connectivity index (χ4n) is 0.445. The third-order valence-corrected chi connectivity index (χ3v) is 1.76. The molecule has 0 atom stereocenters. The van der Waals surface area contributed by atoms with E-state index >= 15 is 0 Å². The second kappa shape index (κ2) is 5.70. The van der Waals surface area contributed by atoms with E-state index in [0.717, 1.165) is 0 Å². The lowest BCUT2D eigenvalue weighted by atomic mass is 10.4. The van der Waals surface area contributed by atoms with Crippen molar-refractivity contribution in [3.05, 3.63) is 35.8 Å². The number of rotatable bonds is 3. The smallest absolute Gasteiger partial charge is 0.00264 e. The number of hydrogen-bond acceptors (Lipinski definition) is 1. The van der Waals surface area contributed by atoms with Crippen LogP contribution in [0.2, 0.25) is 0 Å². The minimum atomic E-state index is 1.27. The van der Waals surface area contributed by atoms with Gasteiger partial charge in [0.25, 0.3) is 0 Å². The van der Waals surface area contributed by atoms with Gasteiger partial charge < -0.3 is 0 Å². The SMILES string of the molecule is C=C/C=C\C(=C/C)SC. The molecular formula is C8H12S. The summed E-state index contributed by atoms with van der Waals surface area (Å²) in [5, 5.41) is 0. The predicted molar refractivity (Wildman–Crippen MR) is 46.6 cm³/mol. The van der Waals surface area contributed by atoms with Gasteiger partial charge in [0.1, 0.15) is 0 Å². The van der Waals surface area contributed by atoms with Gasteiger partial charge in [-0.3, -0.25) is 0 Å². The number of allylic oxidation sites excluding steroid dienone is 4. The third kappa shape index (κ3) is 4.10. The van der Waals surface area contributed by atoms with E-state index in [1.165, 1.54) is 4.91 Å². The van der Waals surface area contributed by atoms with Crippen LogP contribution in [0.3, 0.4) is 0 Å². The van der Waals surface area contributed by atoms with Crippen molar-refractivity contribution >= 4 is 11.8 Å². The van der Waals surface area contributed by atoms with Crippen LogP contribution < -0.4 is 0 Å². The largest absolute Gasteiger partial charge is 0.130 e. The Morgan fingerprint density at radius 1 is 1.56 bits per heavy atom. The first-order chi connectivity index (χ1) is 4.35. The van der Waals surface area contributed by atoms with Crippen LogP contribution in [-0.2, 0) is 0 Å². The van der Waals surface area contributed by atoms with Crippen molar-refractivity contribution < 1.29 is 0 Å². The van der Waals surface area contributed by atoms with E-state index in [2.05, 4.69) is 18.9 Å². The average molecular weight is 140 g/mol. The zero-order valence-corrected chi connectivity index (χ0v) is 6.74. The van der Waals surface area contributed by atoms with Crippen molar-refractivity contribution in [2.75, 3.05) is 6.26 Å². The van der Waals surface area contributed by atoms with Crippen LogP contribution in [0.15, 0.2) is 35.8 Å². The summed E-state index contributed by atoms with van der Waals surface area (Å²) in [7, 11) is 0. The molecule has 0 radical (unpaired) electrons. The fraction of sp³-hybridized carbons (Fsp3) is 0.250. The molecule has 0 aromatic rings. The molecule has 0 aromatic carbocycles. The first kappa shape index (κ1) is 8.57. The molecule has 0 aliphatic heterocycles. The predicted octanol–water partition coefficient (Wildman–Crippen LogP) is 3.00. The highest BCUT2D eigenvalue weighted by Crippen LogP contribution is 2.11. The highest BCUT2D eigenvalue weighted by molar-refractivity contribution is 8.02. The summed E-state index contributed by atoms with van der Waals surface area (Å²) in [6.45, 7) is 5.60. The number of hydrogen-bond donors (Lipinski definition) is 0. The topological polar surface area (TPSA) is 0 Å². The molecule has 0 N–H and O–H groups in total. The summed E-state index contributed by atoms with van der Waals surface area (Å²) in [4.78, 5) is 1.27. The van der Waals surface area contributed by atoms with Crippen LogP contribution in [0.5, 0.6) is 0 Å². The summed E-state index contributed by atoms with van der Waals surface area (Å²) in [5.74, 6) is 0. The van der Waals surface area contributed by atoms with Gasteiger partial charge in [0.05, 0.1) is 0 Å². The Morgan fingerprint density at radius 3 is 2.56 bits per heavy atom. The molecular weight excluding hydrogens is 128 g/mol. The molecule has 0 fully saturated rings. The van der Waals surface area contributed by atoms with E-state index in [9.17, 15) is 0 Å². The average Bonchev–Trinajstić information content (AvgIpc) is 1.91. The van der Waals surface area contributed by atoms with Crippen LogP contribution in [-0.4, -0.2) is 6.26 Å². The number of thioether (sulfide) groups is 1. The van der Waals surface area contributed by atoms with Crippen LogP contribution in [0.25, 0.3) is 0 Å². The molecule has 0 bridgehead atoms. The molecule has 0 spiro atoms. The van der Waals surface area contributed by atoms with Crippen molar-refractivity contribution in [3.8, 4) is 0 Å². The van der Waals surface area contributed by atoms with Crippen LogP contribution in [0.4, 0.5) is 0 Å². The molecule has 0 aliphatic rings. The van der Waals surface area contributed by atoms with Gasteiger partial charge in [0.2, 0.25) is 0 Å². The summed E-state index contributed by atoms with van der Waals surface area (Å²) >= 11 is 1.74. The molecule has 0 amide bonds. The van der Waals surface area contributed by atoms with E-state index in [-0.39, 0.29) is 0 Å². The maximum absolute atomic E-state index is 3.58. The minimum absolute atomic E-state index is 1.27. The van der Waals surface area contributed by atoms with Gasteiger partial charge in [0, 0.05) is 4.91 Å². The van der Waals surface area contributed by atoms with E-state index < -0.39 is 0 Å². The lowest BCUT2D eigenvalue weighted by molar-refractivity contribution is 1.70. The Hall–Kier alpha value is -0.430. The van der Waals surface area contributed by atoms with E-state index in [0.29, 0.717) is 0 Å². The molecule has 0 saturated carbocycles. The highest BCUT2D eigenvalue weighted by Gasteiger charge is 1.80. The zero-order valence-electron chi connectivity index (χ0n) is 5.92. The van der Waals surface area contributed by atoms with Gasteiger partial charge in [-0.1, -0.05) is 24.8 Å². The molecule has 0 nitrogen and oxygen atoms in total. The first-order valence-electron chi connectivity index (χ1n) is 2.84. The Balaban J connectivity index is 3.84. The van der Waals surface area contributed by atoms with Gasteiger partial charge in [-0.2, -0.15) is 0 Å². The maximum atomic E-state index is 3.58. The van der Waals surface area contributed by atoms with E-state index in [1.54, 1.807) is 17.8 Å². The van der Waals surface area contributed by atoms with Gasteiger partial charge >= 0.3 is 0 Å². The highest BCUT2D eigenvalue weighted by atomic mass is 32.2. The molecule has 50 valence electrons. The van der Waals surface area contributed by atoms with Crippen molar-refractivity contribution in [1.29, 1.82) is 0 Å². The Morgan fingerprint density at radius 2 is 2.22 bits per heavy atom. The van der Waals surface area contributed by atoms with Gasteiger partial charge in [0.15, 0.2) is 0 Å². The second-order valence-electron chi connectivity index (χ2n) is 1.49. The van der Waals surface area contributed by atoms with Crippen LogP contribution in [0, 0.1) is 0 Å². The van der Waals surface area contributed by atoms with Gasteiger partial charge in [-0.15, -0.1) is 11.8 Å². The lowest BCUT2D eigenvalue weighted by Gasteiger charge is -1.90. The molecule has 9 heavy (non-hydrogen) atoms. The third-order valence-electron chi connectivity index (χ3n) is 0.917. The van der Waals surface area contributed by atoms with Gasteiger partial charge in [-0.05, 0) is 19.3 Å². The molecule has 0 unspecified atom stereocenters. The summed E-state index contributed by atoms with van der Waals surface area (Å²) in [6, 6.07) is 0. The quantitative estimate of drug-likeness (QED) is 0.543. The molecule has 0 aromatic heterocycles. The van der Waals surface area contributed by atoms with Crippen LogP contribution in [0.1, 0.15) is 6.92 Å². The zero-order chi connectivity index (χ0) is 7.11. The van der Waals surface area contributed by atoms with Crippen molar-refractivity contribution in [3.63, 3.8) is 0 Å². The molecule has 0 heterocycles. The monoisotopic (exact) mass is 140 g/mol. The summed E-state index contributed by atoms with van der Waals surface area (Å²) in [5.41, 5.74) is 0. The maximum Gasteiger partial charge on any atom is 0.00264 e. The minimum Gasteiger partial charge on any atom is -0.130 e.